The lowest BCUT2D eigenvalue weighted by Crippen LogP contribution is -2.51. The predicted molar refractivity (Wildman–Crippen MR) is 85.7 cm³/mol. The van der Waals surface area contributed by atoms with Crippen LogP contribution in [0.3, 0.4) is 0 Å². The molecule has 0 saturated carbocycles. The first kappa shape index (κ1) is 17.4. The van der Waals surface area contributed by atoms with Gasteiger partial charge in [-0.3, -0.25) is 9.80 Å². The van der Waals surface area contributed by atoms with Crippen LogP contribution in [0, 0.1) is 0 Å². The van der Waals surface area contributed by atoms with E-state index < -0.39 is 0 Å². The maximum atomic E-state index is 9.42. The molecule has 1 aromatic rings. The highest BCUT2D eigenvalue weighted by atomic mass is 16.5. The van der Waals surface area contributed by atoms with Gasteiger partial charge in [0.1, 0.15) is 0 Å². The van der Waals surface area contributed by atoms with E-state index in [-0.39, 0.29) is 24.1 Å². The summed E-state index contributed by atoms with van der Waals surface area (Å²) in [6.45, 7) is 14.6. The first-order valence-electron chi connectivity index (χ1n) is 8.29. The predicted octanol–water partition coefficient (Wildman–Crippen LogP) is 1.82. The smallest absolute Gasteiger partial charge is 0.243 e. The lowest BCUT2D eigenvalue weighted by atomic mass is 9.96. The second-order valence-corrected chi connectivity index (χ2v) is 7.20. The monoisotopic (exact) mass is 310 g/mol. The van der Waals surface area contributed by atoms with Crippen molar-refractivity contribution >= 4 is 0 Å². The van der Waals surface area contributed by atoms with Crippen LogP contribution in [0.15, 0.2) is 4.52 Å². The largest absolute Gasteiger partial charge is 0.395 e. The summed E-state index contributed by atoms with van der Waals surface area (Å²) in [6.07, 6.45) is 0.991. The molecule has 2 atom stereocenters. The van der Waals surface area contributed by atoms with Crippen LogP contribution in [-0.4, -0.2) is 63.9 Å². The lowest BCUT2D eigenvalue weighted by molar-refractivity contribution is 0.0422. The highest BCUT2D eigenvalue weighted by molar-refractivity contribution is 5.02. The first-order valence-corrected chi connectivity index (χ1v) is 8.29. The molecule has 0 radical (unpaired) electrons. The molecule has 0 aliphatic carbocycles. The van der Waals surface area contributed by atoms with E-state index in [9.17, 15) is 5.11 Å². The summed E-state index contributed by atoms with van der Waals surface area (Å²) < 4.78 is 5.47. The lowest BCUT2D eigenvalue weighted by Gasteiger charge is -2.40. The molecular formula is C16H30N4O2. The van der Waals surface area contributed by atoms with Gasteiger partial charge in [-0.05, 0) is 13.3 Å². The fraction of sp³-hybridized carbons (Fsp3) is 0.875. The maximum Gasteiger partial charge on any atom is 0.243 e. The Kier molecular flexibility index (Phi) is 5.58. The maximum absolute atomic E-state index is 9.42. The molecule has 1 aliphatic heterocycles. The normalized spacial score (nSPS) is 21.0. The minimum atomic E-state index is -0.0877. The van der Waals surface area contributed by atoms with E-state index in [1.54, 1.807) is 0 Å². The molecule has 22 heavy (non-hydrogen) atoms. The van der Waals surface area contributed by atoms with Crippen molar-refractivity contribution in [1.29, 1.82) is 0 Å². The number of piperazine rings is 1. The van der Waals surface area contributed by atoms with Crippen molar-refractivity contribution in [3.63, 3.8) is 0 Å². The number of nitrogens with zero attached hydrogens (tertiary/aromatic N) is 4. The van der Waals surface area contributed by atoms with Gasteiger partial charge in [0.05, 0.1) is 12.6 Å². The van der Waals surface area contributed by atoms with Crippen LogP contribution in [0.5, 0.6) is 0 Å². The van der Waals surface area contributed by atoms with E-state index in [1.807, 2.05) is 0 Å². The Morgan fingerprint density at radius 3 is 2.23 bits per heavy atom. The average Bonchev–Trinajstić information content (AvgIpc) is 2.98. The number of aliphatic hydroxyl groups is 1. The zero-order valence-electron chi connectivity index (χ0n) is 14.5. The quantitative estimate of drug-likeness (QED) is 0.895. The van der Waals surface area contributed by atoms with Gasteiger partial charge in [0, 0.05) is 37.6 Å². The number of aromatic nitrogens is 2. The van der Waals surface area contributed by atoms with Crippen molar-refractivity contribution in [2.45, 2.75) is 58.5 Å². The van der Waals surface area contributed by atoms with E-state index in [4.69, 9.17) is 4.52 Å². The standard InChI is InChI=1S/C16H30N4O2/c1-6-13(11-21)20-9-7-19(8-10-20)12(2)14-17-15(18-22-14)16(3,4)5/h12-13,21H,6-11H2,1-5H3. The van der Waals surface area contributed by atoms with Crippen molar-refractivity contribution in [3.8, 4) is 0 Å². The molecule has 1 N–H and O–H groups in total. The highest BCUT2D eigenvalue weighted by Crippen LogP contribution is 2.24. The summed E-state index contributed by atoms with van der Waals surface area (Å²) in [7, 11) is 0. The molecule has 6 nitrogen and oxygen atoms in total. The summed E-state index contributed by atoms with van der Waals surface area (Å²) in [6, 6.07) is 0.424. The molecule has 1 fully saturated rings. The Morgan fingerprint density at radius 2 is 1.77 bits per heavy atom. The van der Waals surface area contributed by atoms with E-state index >= 15 is 0 Å². The SMILES string of the molecule is CCC(CO)N1CCN(C(C)c2nc(C(C)(C)C)no2)CC1. The summed E-state index contributed by atoms with van der Waals surface area (Å²) in [5.74, 6) is 1.46. The molecule has 126 valence electrons. The molecule has 2 unspecified atom stereocenters. The average molecular weight is 310 g/mol. The zero-order chi connectivity index (χ0) is 16.3. The van der Waals surface area contributed by atoms with Crippen LogP contribution in [0.25, 0.3) is 0 Å². The van der Waals surface area contributed by atoms with Crippen molar-refractivity contribution in [3.05, 3.63) is 11.7 Å². The van der Waals surface area contributed by atoms with Gasteiger partial charge in [0.25, 0.3) is 0 Å². The first-order chi connectivity index (χ1) is 10.4. The minimum Gasteiger partial charge on any atom is -0.395 e. The molecule has 2 heterocycles. The van der Waals surface area contributed by atoms with E-state index in [0.29, 0.717) is 5.89 Å². The van der Waals surface area contributed by atoms with Gasteiger partial charge >= 0.3 is 0 Å². The van der Waals surface area contributed by atoms with Crippen LogP contribution in [0.1, 0.15) is 58.8 Å². The summed E-state index contributed by atoms with van der Waals surface area (Å²) in [5, 5.41) is 13.5. The van der Waals surface area contributed by atoms with Crippen LogP contribution >= 0.6 is 0 Å². The number of hydrogen-bond acceptors (Lipinski definition) is 6. The van der Waals surface area contributed by atoms with Crippen LogP contribution in [-0.2, 0) is 5.41 Å². The topological polar surface area (TPSA) is 65.6 Å². The molecule has 0 spiro atoms. The van der Waals surface area contributed by atoms with Gasteiger partial charge in [-0.15, -0.1) is 0 Å². The second kappa shape index (κ2) is 7.06. The van der Waals surface area contributed by atoms with Gasteiger partial charge in [-0.2, -0.15) is 4.98 Å². The van der Waals surface area contributed by atoms with E-state index in [0.717, 1.165) is 38.4 Å². The minimum absolute atomic E-state index is 0.0877. The molecule has 1 aromatic heterocycles. The molecule has 1 aliphatic rings. The molecule has 1 saturated heterocycles. The number of rotatable bonds is 5. The van der Waals surface area contributed by atoms with E-state index in [2.05, 4.69) is 54.6 Å². The number of hydrogen-bond donors (Lipinski definition) is 1. The Balaban J connectivity index is 1.95. The fourth-order valence-corrected chi connectivity index (χ4v) is 2.86. The molecule has 0 aromatic carbocycles. The van der Waals surface area contributed by atoms with Gasteiger partial charge in [0.2, 0.25) is 5.89 Å². The third-order valence-corrected chi connectivity index (χ3v) is 4.56. The summed E-state index contributed by atoms with van der Waals surface area (Å²) in [5.41, 5.74) is -0.0877. The molecule has 0 amide bonds. The Morgan fingerprint density at radius 1 is 1.18 bits per heavy atom. The molecular weight excluding hydrogens is 280 g/mol. The van der Waals surface area contributed by atoms with Crippen molar-refractivity contribution in [2.75, 3.05) is 32.8 Å². The van der Waals surface area contributed by atoms with Crippen molar-refractivity contribution in [2.24, 2.45) is 0 Å². The van der Waals surface area contributed by atoms with Gasteiger partial charge in [-0.1, -0.05) is 32.9 Å². The second-order valence-electron chi connectivity index (χ2n) is 7.20. The van der Waals surface area contributed by atoms with Gasteiger partial charge in [0.15, 0.2) is 5.82 Å². The van der Waals surface area contributed by atoms with E-state index in [1.165, 1.54) is 0 Å². The number of aliphatic hydroxyl groups excluding tert-OH is 1. The van der Waals surface area contributed by atoms with Crippen LogP contribution in [0.2, 0.25) is 0 Å². The Labute approximate surface area is 133 Å². The Hall–Kier alpha value is -0.980. The van der Waals surface area contributed by atoms with Crippen molar-refractivity contribution < 1.29 is 9.63 Å². The molecule has 0 bridgehead atoms. The van der Waals surface area contributed by atoms with Crippen LogP contribution < -0.4 is 0 Å². The highest BCUT2D eigenvalue weighted by Gasteiger charge is 2.29. The van der Waals surface area contributed by atoms with Gasteiger partial charge in [-0.25, -0.2) is 0 Å². The molecule has 6 heteroatoms. The third kappa shape index (κ3) is 3.86. The van der Waals surface area contributed by atoms with Gasteiger partial charge < -0.3 is 9.63 Å². The summed E-state index contributed by atoms with van der Waals surface area (Å²) >= 11 is 0. The third-order valence-electron chi connectivity index (χ3n) is 4.56. The Bertz CT molecular complexity index is 457. The van der Waals surface area contributed by atoms with Crippen molar-refractivity contribution in [1.82, 2.24) is 19.9 Å². The van der Waals surface area contributed by atoms with Crippen LogP contribution in [0.4, 0.5) is 0 Å². The summed E-state index contributed by atoms with van der Waals surface area (Å²) in [4.78, 5) is 9.32. The fourth-order valence-electron chi connectivity index (χ4n) is 2.86. The zero-order valence-corrected chi connectivity index (χ0v) is 14.5. The molecule has 2 rings (SSSR count).